The summed E-state index contributed by atoms with van der Waals surface area (Å²) in [5.74, 6) is -1.74. The van der Waals surface area contributed by atoms with Crippen molar-refractivity contribution in [3.63, 3.8) is 0 Å². The van der Waals surface area contributed by atoms with Crippen molar-refractivity contribution in [1.29, 1.82) is 0 Å². The van der Waals surface area contributed by atoms with Crippen molar-refractivity contribution in [3.8, 4) is 0 Å². The Morgan fingerprint density at radius 1 is 1.18 bits per heavy atom. The van der Waals surface area contributed by atoms with Crippen LogP contribution < -0.4 is 0 Å². The Kier molecular flexibility index (Phi) is 4.93. The summed E-state index contributed by atoms with van der Waals surface area (Å²) in [4.78, 5) is 36.5. The van der Waals surface area contributed by atoms with Crippen LogP contribution in [0.5, 0.6) is 0 Å². The Hall–Kier alpha value is -1.59. The maximum absolute atomic E-state index is 11.6. The van der Waals surface area contributed by atoms with Gasteiger partial charge in [-0.2, -0.15) is 0 Å². The van der Waals surface area contributed by atoms with Crippen LogP contribution in [0.3, 0.4) is 0 Å². The molecule has 0 bridgehead atoms. The van der Waals surface area contributed by atoms with E-state index in [0.717, 1.165) is 0 Å². The van der Waals surface area contributed by atoms with Gasteiger partial charge < -0.3 is 14.9 Å². The molecule has 0 saturated carbocycles. The van der Waals surface area contributed by atoms with E-state index in [9.17, 15) is 14.4 Å². The van der Waals surface area contributed by atoms with E-state index in [4.69, 9.17) is 5.11 Å². The first-order valence-electron chi connectivity index (χ1n) is 5.86. The van der Waals surface area contributed by atoms with Gasteiger partial charge in [0.15, 0.2) is 0 Å². The molecule has 0 aromatic rings. The molecule has 6 heteroatoms. The summed E-state index contributed by atoms with van der Waals surface area (Å²) in [6.45, 7) is 3.98. The monoisotopic (exact) mass is 242 g/mol. The lowest BCUT2D eigenvalue weighted by molar-refractivity contribution is -0.155. The van der Waals surface area contributed by atoms with Crippen molar-refractivity contribution in [2.24, 2.45) is 0 Å². The molecule has 0 aromatic heterocycles. The SMILES string of the molecule is CCN1CCN(CCCCC(=O)O)C(=O)C1=O. The van der Waals surface area contributed by atoms with Crippen molar-refractivity contribution >= 4 is 17.8 Å². The third-order valence-corrected chi connectivity index (χ3v) is 2.85. The van der Waals surface area contributed by atoms with Gasteiger partial charge in [0.1, 0.15) is 0 Å². The van der Waals surface area contributed by atoms with Crippen molar-refractivity contribution in [2.45, 2.75) is 26.2 Å². The fourth-order valence-electron chi connectivity index (χ4n) is 1.81. The van der Waals surface area contributed by atoms with E-state index >= 15 is 0 Å². The Bertz CT molecular complexity index is 317. The van der Waals surface area contributed by atoms with Crippen LogP contribution >= 0.6 is 0 Å². The highest BCUT2D eigenvalue weighted by Crippen LogP contribution is 2.07. The number of carboxylic acids is 1. The van der Waals surface area contributed by atoms with E-state index in [2.05, 4.69) is 0 Å². The minimum absolute atomic E-state index is 0.108. The van der Waals surface area contributed by atoms with Crippen molar-refractivity contribution in [3.05, 3.63) is 0 Å². The van der Waals surface area contributed by atoms with Gasteiger partial charge in [-0.1, -0.05) is 0 Å². The molecule has 0 aromatic carbocycles. The fraction of sp³-hybridized carbons (Fsp3) is 0.727. The van der Waals surface area contributed by atoms with Crippen LogP contribution in [0.15, 0.2) is 0 Å². The molecule has 1 rings (SSSR count). The molecular weight excluding hydrogens is 224 g/mol. The van der Waals surface area contributed by atoms with Crippen LogP contribution in [0.4, 0.5) is 0 Å². The Balaban J connectivity index is 2.33. The number of carbonyl (C=O) groups excluding carboxylic acids is 2. The highest BCUT2D eigenvalue weighted by molar-refractivity contribution is 6.35. The molecule has 96 valence electrons. The van der Waals surface area contributed by atoms with Gasteiger partial charge in [0, 0.05) is 32.6 Å². The summed E-state index contributed by atoms with van der Waals surface area (Å²) in [6.07, 6.45) is 1.26. The highest BCUT2D eigenvalue weighted by Gasteiger charge is 2.30. The normalized spacial score (nSPS) is 16.5. The number of piperazine rings is 1. The summed E-state index contributed by atoms with van der Waals surface area (Å²) < 4.78 is 0. The second-order valence-electron chi connectivity index (χ2n) is 4.03. The van der Waals surface area contributed by atoms with Crippen LogP contribution in [0.1, 0.15) is 26.2 Å². The first-order chi connectivity index (χ1) is 8.06. The largest absolute Gasteiger partial charge is 0.481 e. The smallest absolute Gasteiger partial charge is 0.312 e. The van der Waals surface area contributed by atoms with E-state index in [1.54, 1.807) is 0 Å². The lowest BCUT2D eigenvalue weighted by Crippen LogP contribution is -2.54. The summed E-state index contributed by atoms with van der Waals surface area (Å²) in [7, 11) is 0. The third kappa shape index (κ3) is 3.72. The van der Waals surface area contributed by atoms with E-state index in [-0.39, 0.29) is 6.42 Å². The highest BCUT2D eigenvalue weighted by atomic mass is 16.4. The summed E-state index contributed by atoms with van der Waals surface area (Å²) >= 11 is 0. The van der Waals surface area contributed by atoms with E-state index in [1.165, 1.54) is 9.80 Å². The molecule has 0 aliphatic carbocycles. The molecule has 0 radical (unpaired) electrons. The third-order valence-electron chi connectivity index (χ3n) is 2.85. The summed E-state index contributed by atoms with van der Waals surface area (Å²) in [5, 5.41) is 8.47. The van der Waals surface area contributed by atoms with Gasteiger partial charge >= 0.3 is 17.8 Å². The van der Waals surface area contributed by atoms with Crippen LogP contribution in [0.25, 0.3) is 0 Å². The van der Waals surface area contributed by atoms with Gasteiger partial charge in [0.05, 0.1) is 0 Å². The van der Waals surface area contributed by atoms with Crippen LogP contribution in [0.2, 0.25) is 0 Å². The fourth-order valence-corrected chi connectivity index (χ4v) is 1.81. The minimum atomic E-state index is -0.830. The molecule has 1 heterocycles. The number of carboxylic acid groups (broad SMARTS) is 1. The molecule has 1 N–H and O–H groups in total. The number of hydrogen-bond acceptors (Lipinski definition) is 3. The zero-order valence-corrected chi connectivity index (χ0v) is 10.0. The second kappa shape index (κ2) is 6.22. The number of rotatable bonds is 6. The lowest BCUT2D eigenvalue weighted by atomic mass is 10.2. The van der Waals surface area contributed by atoms with Gasteiger partial charge in [-0.15, -0.1) is 0 Å². The van der Waals surface area contributed by atoms with Crippen LogP contribution in [0, 0.1) is 0 Å². The topological polar surface area (TPSA) is 77.9 Å². The molecule has 0 unspecified atom stereocenters. The molecule has 6 nitrogen and oxygen atoms in total. The van der Waals surface area contributed by atoms with Gasteiger partial charge in [-0.3, -0.25) is 14.4 Å². The van der Waals surface area contributed by atoms with Crippen molar-refractivity contribution in [1.82, 2.24) is 9.80 Å². The van der Waals surface area contributed by atoms with E-state index in [0.29, 0.717) is 39.0 Å². The maximum atomic E-state index is 11.6. The molecule has 17 heavy (non-hydrogen) atoms. The molecule has 1 aliphatic rings. The number of hydrogen-bond donors (Lipinski definition) is 1. The van der Waals surface area contributed by atoms with Gasteiger partial charge in [0.2, 0.25) is 0 Å². The van der Waals surface area contributed by atoms with Crippen LogP contribution in [-0.2, 0) is 14.4 Å². The van der Waals surface area contributed by atoms with E-state index in [1.807, 2.05) is 6.92 Å². The molecule has 2 amide bonds. The van der Waals surface area contributed by atoms with Crippen molar-refractivity contribution in [2.75, 3.05) is 26.2 Å². The van der Waals surface area contributed by atoms with Crippen molar-refractivity contribution < 1.29 is 19.5 Å². The number of aliphatic carboxylic acids is 1. The maximum Gasteiger partial charge on any atom is 0.312 e. The standard InChI is InChI=1S/C11H18N2O4/c1-2-12-7-8-13(11(17)10(12)16)6-4-3-5-9(14)15/h2-8H2,1H3,(H,14,15). The molecule has 1 saturated heterocycles. The number of amides is 2. The van der Waals surface area contributed by atoms with Crippen LogP contribution in [-0.4, -0.2) is 58.9 Å². The Morgan fingerprint density at radius 2 is 1.76 bits per heavy atom. The number of unbranched alkanes of at least 4 members (excludes halogenated alkanes) is 1. The minimum Gasteiger partial charge on any atom is -0.481 e. The number of likely N-dealkylation sites (N-methyl/N-ethyl adjacent to an activating group) is 1. The number of nitrogens with zero attached hydrogens (tertiary/aromatic N) is 2. The Morgan fingerprint density at radius 3 is 2.35 bits per heavy atom. The zero-order chi connectivity index (χ0) is 12.8. The molecule has 0 atom stereocenters. The van der Waals surface area contributed by atoms with Gasteiger partial charge in [-0.05, 0) is 19.8 Å². The molecule has 1 aliphatic heterocycles. The Labute approximate surface area is 100 Å². The second-order valence-corrected chi connectivity index (χ2v) is 4.03. The molecular formula is C11H18N2O4. The van der Waals surface area contributed by atoms with Gasteiger partial charge in [0.25, 0.3) is 0 Å². The first kappa shape index (κ1) is 13.5. The summed E-state index contributed by atoms with van der Waals surface area (Å²) in [5.41, 5.74) is 0. The van der Waals surface area contributed by atoms with Gasteiger partial charge in [-0.25, -0.2) is 0 Å². The average molecular weight is 242 g/mol. The predicted molar refractivity (Wildman–Crippen MR) is 60.3 cm³/mol. The quantitative estimate of drug-likeness (QED) is 0.522. The zero-order valence-electron chi connectivity index (χ0n) is 10.0. The average Bonchev–Trinajstić information content (AvgIpc) is 2.29. The predicted octanol–water partition coefficient (Wildman–Crippen LogP) is -0.0680. The molecule has 0 spiro atoms. The molecule has 1 fully saturated rings. The first-order valence-corrected chi connectivity index (χ1v) is 5.86. The lowest BCUT2D eigenvalue weighted by Gasteiger charge is -2.33. The van der Waals surface area contributed by atoms with E-state index < -0.39 is 17.8 Å². The number of carbonyl (C=O) groups is 3. The summed E-state index contributed by atoms with van der Waals surface area (Å²) in [6, 6.07) is 0.